The molecule has 6 heteroatoms. The lowest BCUT2D eigenvalue weighted by molar-refractivity contribution is -0.135. The lowest BCUT2D eigenvalue weighted by Crippen LogP contribution is -2.50. The minimum atomic E-state index is 0.283. The van der Waals surface area contributed by atoms with Crippen molar-refractivity contribution in [2.24, 2.45) is 5.92 Å². The Morgan fingerprint density at radius 1 is 1.00 bits per heavy atom. The highest BCUT2D eigenvalue weighted by atomic mass is 32.1. The predicted octanol–water partition coefficient (Wildman–Crippen LogP) is 5.14. The van der Waals surface area contributed by atoms with E-state index < -0.39 is 0 Å². The molecule has 0 radical (unpaired) electrons. The van der Waals surface area contributed by atoms with Crippen molar-refractivity contribution in [2.75, 3.05) is 31.1 Å². The standard InChI is InChI=1S/C25H36N4OS/c1-2-3-13-21-26-23(22-19-11-5-4-6-12-20(19)31-24(22)27-21)28-14-16-29(17-15-28)25(30)18-9-7-8-10-18/h18H,2-17H2,1H3. The third-order valence-corrected chi connectivity index (χ3v) is 8.63. The van der Waals surface area contributed by atoms with Crippen LogP contribution < -0.4 is 4.90 Å². The van der Waals surface area contributed by atoms with Crippen LogP contribution in [-0.4, -0.2) is 47.0 Å². The maximum Gasteiger partial charge on any atom is 0.225 e. The summed E-state index contributed by atoms with van der Waals surface area (Å²) in [5, 5.41) is 1.33. The van der Waals surface area contributed by atoms with Crippen LogP contribution in [0.2, 0.25) is 0 Å². The van der Waals surface area contributed by atoms with Crippen molar-refractivity contribution < 1.29 is 4.79 Å². The molecule has 1 saturated heterocycles. The first kappa shape index (κ1) is 21.2. The van der Waals surface area contributed by atoms with Crippen LogP contribution in [0.1, 0.15) is 81.0 Å². The molecule has 2 fully saturated rings. The molecule has 1 aliphatic heterocycles. The molecule has 2 aliphatic carbocycles. The van der Waals surface area contributed by atoms with Gasteiger partial charge < -0.3 is 9.80 Å². The molecular weight excluding hydrogens is 404 g/mol. The van der Waals surface area contributed by atoms with E-state index in [1.807, 2.05) is 11.3 Å². The number of hydrogen-bond donors (Lipinski definition) is 0. The van der Waals surface area contributed by atoms with Gasteiger partial charge in [-0.15, -0.1) is 11.3 Å². The molecule has 0 atom stereocenters. The van der Waals surface area contributed by atoms with Crippen molar-refractivity contribution >= 4 is 33.3 Å². The van der Waals surface area contributed by atoms with Gasteiger partial charge in [-0.1, -0.05) is 32.6 Å². The molecule has 3 heterocycles. The number of aromatic nitrogens is 2. The SMILES string of the molecule is CCCCc1nc(N2CCN(C(=O)C3CCCC3)CC2)c2c3c(sc2n1)CCCCC3. The number of hydrogen-bond acceptors (Lipinski definition) is 5. The zero-order valence-electron chi connectivity index (χ0n) is 19.0. The molecule has 0 bridgehead atoms. The van der Waals surface area contributed by atoms with Crippen LogP contribution in [0, 0.1) is 5.92 Å². The van der Waals surface area contributed by atoms with Crippen molar-refractivity contribution in [1.82, 2.24) is 14.9 Å². The molecule has 0 spiro atoms. The molecule has 1 saturated carbocycles. The summed E-state index contributed by atoms with van der Waals surface area (Å²) in [7, 11) is 0. The average molecular weight is 441 g/mol. The van der Waals surface area contributed by atoms with E-state index >= 15 is 0 Å². The second-order valence-corrected chi connectivity index (χ2v) is 10.7. The van der Waals surface area contributed by atoms with E-state index in [0.717, 1.165) is 63.5 Å². The Bertz CT molecular complexity index is 925. The van der Waals surface area contributed by atoms with Crippen molar-refractivity contribution in [1.29, 1.82) is 0 Å². The monoisotopic (exact) mass is 440 g/mol. The van der Waals surface area contributed by atoms with Crippen LogP contribution in [0.15, 0.2) is 0 Å². The molecule has 5 rings (SSSR count). The summed E-state index contributed by atoms with van der Waals surface area (Å²) in [6.45, 7) is 5.67. The maximum absolute atomic E-state index is 12.9. The lowest BCUT2D eigenvalue weighted by atomic mass is 10.1. The molecule has 0 unspecified atom stereocenters. The van der Waals surface area contributed by atoms with Gasteiger partial charge in [0.2, 0.25) is 5.91 Å². The normalized spacial score (nSPS) is 20.3. The fraction of sp³-hybridized carbons (Fsp3) is 0.720. The Kier molecular flexibility index (Phi) is 6.44. The number of aryl methyl sites for hydroxylation is 3. The number of fused-ring (bicyclic) bond motifs is 3. The first-order valence-corrected chi connectivity index (χ1v) is 13.4. The number of carbonyl (C=O) groups is 1. The highest BCUT2D eigenvalue weighted by Gasteiger charge is 2.31. The van der Waals surface area contributed by atoms with E-state index in [-0.39, 0.29) is 5.92 Å². The Morgan fingerprint density at radius 2 is 1.77 bits per heavy atom. The number of rotatable bonds is 5. The van der Waals surface area contributed by atoms with Crippen LogP contribution in [-0.2, 0) is 24.1 Å². The van der Waals surface area contributed by atoms with Gasteiger partial charge in [0.25, 0.3) is 0 Å². The number of amides is 1. The number of anilines is 1. The van der Waals surface area contributed by atoms with Gasteiger partial charge in [-0.3, -0.25) is 4.79 Å². The number of thiophene rings is 1. The van der Waals surface area contributed by atoms with Crippen LogP contribution in [0.3, 0.4) is 0 Å². The van der Waals surface area contributed by atoms with Gasteiger partial charge in [0, 0.05) is 43.4 Å². The summed E-state index contributed by atoms with van der Waals surface area (Å²) in [6.07, 6.45) is 14.2. The van der Waals surface area contributed by atoms with Gasteiger partial charge in [-0.05, 0) is 50.5 Å². The second-order valence-electron chi connectivity index (χ2n) is 9.61. The van der Waals surface area contributed by atoms with E-state index in [2.05, 4.69) is 16.7 Å². The molecule has 3 aliphatic rings. The summed E-state index contributed by atoms with van der Waals surface area (Å²) in [5.74, 6) is 2.84. The largest absolute Gasteiger partial charge is 0.352 e. The predicted molar refractivity (Wildman–Crippen MR) is 128 cm³/mol. The first-order valence-electron chi connectivity index (χ1n) is 12.6. The van der Waals surface area contributed by atoms with E-state index in [1.165, 1.54) is 67.1 Å². The number of nitrogens with zero attached hydrogens (tertiary/aromatic N) is 4. The average Bonchev–Trinajstić information content (AvgIpc) is 3.40. The zero-order valence-corrected chi connectivity index (χ0v) is 19.8. The summed E-state index contributed by atoms with van der Waals surface area (Å²) in [6, 6.07) is 0. The molecule has 0 aromatic carbocycles. The second kappa shape index (κ2) is 9.43. The van der Waals surface area contributed by atoms with Gasteiger partial charge in [0.15, 0.2) is 0 Å². The molecule has 5 nitrogen and oxygen atoms in total. The first-order chi connectivity index (χ1) is 15.2. The van der Waals surface area contributed by atoms with Gasteiger partial charge in [-0.25, -0.2) is 9.97 Å². The Morgan fingerprint density at radius 3 is 2.55 bits per heavy atom. The van der Waals surface area contributed by atoms with Gasteiger partial charge in [-0.2, -0.15) is 0 Å². The van der Waals surface area contributed by atoms with Crippen LogP contribution in [0.4, 0.5) is 5.82 Å². The van der Waals surface area contributed by atoms with E-state index in [0.29, 0.717) is 5.91 Å². The maximum atomic E-state index is 12.9. The Balaban J connectivity index is 1.42. The van der Waals surface area contributed by atoms with Crippen LogP contribution in [0.5, 0.6) is 0 Å². The highest BCUT2D eigenvalue weighted by Crippen LogP contribution is 2.39. The van der Waals surface area contributed by atoms with Crippen LogP contribution >= 0.6 is 11.3 Å². The fourth-order valence-electron chi connectivity index (χ4n) is 5.60. The van der Waals surface area contributed by atoms with E-state index in [4.69, 9.17) is 9.97 Å². The molecule has 168 valence electrons. The third-order valence-electron chi connectivity index (χ3n) is 7.44. The quantitative estimate of drug-likeness (QED) is 0.604. The minimum Gasteiger partial charge on any atom is -0.352 e. The van der Waals surface area contributed by atoms with E-state index in [1.54, 1.807) is 4.88 Å². The van der Waals surface area contributed by atoms with Gasteiger partial charge >= 0.3 is 0 Å². The fourth-order valence-corrected chi connectivity index (χ4v) is 6.88. The number of unbranched alkanes of at least 4 members (excludes halogenated alkanes) is 1. The summed E-state index contributed by atoms with van der Waals surface area (Å²) >= 11 is 1.92. The smallest absolute Gasteiger partial charge is 0.225 e. The minimum absolute atomic E-state index is 0.283. The molecule has 2 aromatic rings. The van der Waals surface area contributed by atoms with E-state index in [9.17, 15) is 4.79 Å². The Hall–Kier alpha value is -1.69. The molecule has 0 N–H and O–H groups in total. The summed E-state index contributed by atoms with van der Waals surface area (Å²) < 4.78 is 0. The van der Waals surface area contributed by atoms with Gasteiger partial charge in [0.05, 0.1) is 5.39 Å². The number of piperazine rings is 1. The number of carbonyl (C=O) groups excluding carboxylic acids is 1. The summed E-state index contributed by atoms with van der Waals surface area (Å²) in [5.41, 5.74) is 1.53. The van der Waals surface area contributed by atoms with Crippen molar-refractivity contribution in [3.05, 3.63) is 16.3 Å². The summed E-state index contributed by atoms with van der Waals surface area (Å²) in [4.78, 5) is 30.4. The van der Waals surface area contributed by atoms with Gasteiger partial charge in [0.1, 0.15) is 16.5 Å². The highest BCUT2D eigenvalue weighted by molar-refractivity contribution is 7.19. The lowest BCUT2D eigenvalue weighted by Gasteiger charge is -2.37. The molecule has 2 aromatic heterocycles. The zero-order chi connectivity index (χ0) is 21.2. The van der Waals surface area contributed by atoms with Crippen molar-refractivity contribution in [2.45, 2.75) is 84.0 Å². The molecule has 31 heavy (non-hydrogen) atoms. The van der Waals surface area contributed by atoms with Crippen molar-refractivity contribution in [3.8, 4) is 0 Å². The third kappa shape index (κ3) is 4.33. The molecule has 1 amide bonds. The topological polar surface area (TPSA) is 49.3 Å². The van der Waals surface area contributed by atoms with Crippen molar-refractivity contribution in [3.63, 3.8) is 0 Å². The Labute approximate surface area is 190 Å². The molecular formula is C25H36N4OS. The van der Waals surface area contributed by atoms with Crippen LogP contribution in [0.25, 0.3) is 10.2 Å².